The Labute approximate surface area is 142 Å². The van der Waals surface area contributed by atoms with Gasteiger partial charge in [-0.15, -0.1) is 0 Å². The highest BCUT2D eigenvalue weighted by atomic mass is 79.9. The van der Waals surface area contributed by atoms with Crippen molar-refractivity contribution in [2.24, 2.45) is 5.92 Å². The zero-order valence-corrected chi connectivity index (χ0v) is 14.3. The summed E-state index contributed by atoms with van der Waals surface area (Å²) in [7, 11) is 0. The monoisotopic (exact) mass is 385 g/mol. The molecule has 0 bridgehead atoms. The molecule has 1 aliphatic rings. The largest absolute Gasteiger partial charge is 0.483 e. The van der Waals surface area contributed by atoms with Gasteiger partial charge in [0.15, 0.2) is 11.7 Å². The molecular weight excluding hydrogens is 370 g/mol. The molecule has 2 rings (SSSR count). The SMILES string of the molecule is Cc1ccc(OCC(=O)NNC(=S)NC(=O)C2CC2)c(Br)c1. The summed E-state index contributed by atoms with van der Waals surface area (Å²) in [5.74, 6) is 0.102. The number of ether oxygens (including phenoxy) is 1. The Bertz CT molecular complexity index is 605. The number of benzene rings is 1. The fourth-order valence-electron chi connectivity index (χ4n) is 1.62. The molecule has 0 radical (unpaired) electrons. The number of carbonyl (C=O) groups is 2. The Morgan fingerprint density at radius 2 is 2.09 bits per heavy atom. The average Bonchev–Trinajstić information content (AvgIpc) is 3.28. The predicted molar refractivity (Wildman–Crippen MR) is 89.1 cm³/mol. The number of carbonyl (C=O) groups excluding carboxylic acids is 2. The Balaban J connectivity index is 1.69. The van der Waals surface area contributed by atoms with Crippen molar-refractivity contribution in [3.05, 3.63) is 28.2 Å². The van der Waals surface area contributed by atoms with E-state index in [9.17, 15) is 9.59 Å². The second-order valence-electron chi connectivity index (χ2n) is 4.99. The zero-order valence-electron chi connectivity index (χ0n) is 11.9. The lowest BCUT2D eigenvalue weighted by Crippen LogP contribution is -2.50. The van der Waals surface area contributed by atoms with Crippen molar-refractivity contribution in [3.63, 3.8) is 0 Å². The quantitative estimate of drug-likeness (QED) is 0.541. The van der Waals surface area contributed by atoms with Crippen LogP contribution in [0.2, 0.25) is 0 Å². The number of aryl methyl sites for hydroxylation is 1. The minimum absolute atomic E-state index is 0.0534. The molecule has 1 saturated carbocycles. The summed E-state index contributed by atoms with van der Waals surface area (Å²) in [6.45, 7) is 1.79. The van der Waals surface area contributed by atoms with Gasteiger partial charge in [-0.3, -0.25) is 20.4 Å². The van der Waals surface area contributed by atoms with Crippen LogP contribution in [0.3, 0.4) is 0 Å². The highest BCUT2D eigenvalue weighted by Gasteiger charge is 2.30. The van der Waals surface area contributed by atoms with E-state index < -0.39 is 5.91 Å². The van der Waals surface area contributed by atoms with Gasteiger partial charge in [-0.25, -0.2) is 0 Å². The van der Waals surface area contributed by atoms with Gasteiger partial charge in [0.2, 0.25) is 5.91 Å². The van der Waals surface area contributed by atoms with Crippen molar-refractivity contribution < 1.29 is 14.3 Å². The fourth-order valence-corrected chi connectivity index (χ4v) is 2.38. The van der Waals surface area contributed by atoms with E-state index in [0.29, 0.717) is 5.75 Å². The highest BCUT2D eigenvalue weighted by Crippen LogP contribution is 2.28. The molecule has 0 spiro atoms. The van der Waals surface area contributed by atoms with Crippen molar-refractivity contribution in [3.8, 4) is 5.75 Å². The van der Waals surface area contributed by atoms with Gasteiger partial charge in [0.05, 0.1) is 4.47 Å². The third-order valence-electron chi connectivity index (χ3n) is 2.95. The molecule has 22 heavy (non-hydrogen) atoms. The molecule has 0 aromatic heterocycles. The Morgan fingerprint density at radius 3 is 2.73 bits per heavy atom. The topological polar surface area (TPSA) is 79.5 Å². The molecule has 1 aromatic carbocycles. The lowest BCUT2D eigenvalue weighted by Gasteiger charge is -2.12. The Morgan fingerprint density at radius 1 is 1.36 bits per heavy atom. The summed E-state index contributed by atoms with van der Waals surface area (Å²) in [6, 6.07) is 5.56. The molecule has 0 heterocycles. The first kappa shape index (κ1) is 16.7. The van der Waals surface area contributed by atoms with Gasteiger partial charge in [0.1, 0.15) is 5.75 Å². The molecule has 0 aliphatic heterocycles. The maximum atomic E-state index is 11.6. The first-order chi connectivity index (χ1) is 10.5. The predicted octanol–water partition coefficient (Wildman–Crippen LogP) is 1.57. The molecule has 118 valence electrons. The summed E-state index contributed by atoms with van der Waals surface area (Å²) in [5, 5.41) is 2.58. The number of rotatable bonds is 4. The molecular formula is C14H16BrN3O3S. The van der Waals surface area contributed by atoms with E-state index in [1.165, 1.54) is 0 Å². The summed E-state index contributed by atoms with van der Waals surface area (Å²) in [6.07, 6.45) is 1.78. The second-order valence-corrected chi connectivity index (χ2v) is 6.25. The van der Waals surface area contributed by atoms with Crippen LogP contribution < -0.4 is 20.9 Å². The van der Waals surface area contributed by atoms with Crippen LogP contribution in [0.4, 0.5) is 0 Å². The van der Waals surface area contributed by atoms with Crippen LogP contribution in [-0.4, -0.2) is 23.5 Å². The van der Waals surface area contributed by atoms with Crippen LogP contribution in [0.1, 0.15) is 18.4 Å². The van der Waals surface area contributed by atoms with Gasteiger partial charge in [0.25, 0.3) is 5.91 Å². The van der Waals surface area contributed by atoms with Crippen molar-refractivity contribution >= 4 is 45.1 Å². The van der Waals surface area contributed by atoms with Gasteiger partial charge in [0, 0.05) is 5.92 Å². The van der Waals surface area contributed by atoms with Crippen molar-refractivity contribution in [1.29, 1.82) is 0 Å². The zero-order chi connectivity index (χ0) is 16.1. The van der Waals surface area contributed by atoms with Crippen LogP contribution in [-0.2, 0) is 9.59 Å². The van der Waals surface area contributed by atoms with Crippen LogP contribution in [0.25, 0.3) is 0 Å². The fraction of sp³-hybridized carbons (Fsp3) is 0.357. The van der Waals surface area contributed by atoms with E-state index in [1.54, 1.807) is 6.07 Å². The minimum Gasteiger partial charge on any atom is -0.483 e. The molecule has 8 heteroatoms. The summed E-state index contributed by atoms with van der Waals surface area (Å²) in [5.41, 5.74) is 5.91. The molecule has 0 saturated heterocycles. The van der Waals surface area contributed by atoms with Gasteiger partial charge in [-0.1, -0.05) is 6.07 Å². The molecule has 1 aliphatic carbocycles. The van der Waals surface area contributed by atoms with E-state index in [2.05, 4.69) is 32.1 Å². The lowest BCUT2D eigenvalue weighted by molar-refractivity contribution is -0.124. The van der Waals surface area contributed by atoms with Gasteiger partial charge in [-0.05, 0) is 65.6 Å². The van der Waals surface area contributed by atoms with Crippen molar-refractivity contribution in [2.75, 3.05) is 6.61 Å². The molecule has 6 nitrogen and oxygen atoms in total. The Hall–Kier alpha value is -1.67. The van der Waals surface area contributed by atoms with E-state index in [1.807, 2.05) is 19.1 Å². The highest BCUT2D eigenvalue weighted by molar-refractivity contribution is 9.10. The van der Waals surface area contributed by atoms with Crippen LogP contribution in [0.15, 0.2) is 22.7 Å². The van der Waals surface area contributed by atoms with Crippen molar-refractivity contribution in [2.45, 2.75) is 19.8 Å². The van der Waals surface area contributed by atoms with E-state index in [4.69, 9.17) is 17.0 Å². The molecule has 0 atom stereocenters. The maximum absolute atomic E-state index is 11.6. The van der Waals surface area contributed by atoms with E-state index in [-0.39, 0.29) is 23.5 Å². The van der Waals surface area contributed by atoms with Crippen LogP contribution >= 0.6 is 28.1 Å². The third-order valence-corrected chi connectivity index (χ3v) is 3.77. The van der Waals surface area contributed by atoms with E-state index >= 15 is 0 Å². The standard InChI is InChI=1S/C14H16BrN3O3S/c1-8-2-5-11(10(15)6-8)21-7-12(19)17-18-14(22)16-13(20)9-3-4-9/h2,5-6,9H,3-4,7H2,1H3,(H,17,19)(H2,16,18,20,22). The number of halogens is 1. The molecule has 1 fully saturated rings. The molecule has 3 N–H and O–H groups in total. The minimum atomic E-state index is -0.407. The number of thiocarbonyl (C=S) groups is 1. The third kappa shape index (κ3) is 5.27. The van der Waals surface area contributed by atoms with Crippen molar-refractivity contribution in [1.82, 2.24) is 16.2 Å². The molecule has 0 unspecified atom stereocenters. The first-order valence-electron chi connectivity index (χ1n) is 6.74. The average molecular weight is 386 g/mol. The number of amides is 2. The van der Waals surface area contributed by atoms with Crippen LogP contribution in [0.5, 0.6) is 5.75 Å². The number of hydrogen-bond donors (Lipinski definition) is 3. The lowest BCUT2D eigenvalue weighted by atomic mass is 10.2. The summed E-state index contributed by atoms with van der Waals surface area (Å²) in [4.78, 5) is 23.1. The maximum Gasteiger partial charge on any atom is 0.276 e. The summed E-state index contributed by atoms with van der Waals surface area (Å²) >= 11 is 8.27. The van der Waals surface area contributed by atoms with E-state index in [0.717, 1.165) is 22.9 Å². The summed E-state index contributed by atoms with van der Waals surface area (Å²) < 4.78 is 6.16. The van der Waals surface area contributed by atoms with Gasteiger partial charge >= 0.3 is 0 Å². The number of hydrogen-bond acceptors (Lipinski definition) is 4. The first-order valence-corrected chi connectivity index (χ1v) is 7.94. The second kappa shape index (κ2) is 7.55. The number of nitrogens with one attached hydrogen (secondary N) is 3. The van der Waals surface area contributed by atoms with Gasteiger partial charge < -0.3 is 10.1 Å². The molecule has 1 aromatic rings. The number of hydrazine groups is 1. The normalized spacial score (nSPS) is 13.2. The Kier molecular flexibility index (Phi) is 5.73. The van der Waals surface area contributed by atoms with Gasteiger partial charge in [-0.2, -0.15) is 0 Å². The smallest absolute Gasteiger partial charge is 0.276 e. The molecule has 2 amide bonds. The van der Waals surface area contributed by atoms with Crippen LogP contribution in [0, 0.1) is 12.8 Å².